The number of aryl methyl sites for hydroxylation is 2. The SMILES string of the molecule is CC(C)n1cc(-c2cccc(C(c3ccccc3)C(NC(=O)c3ccnn3C)C(=O)Nc3ccc(-c4cncn4C)cc3)c2)ccc1=O. The second kappa shape index (κ2) is 13.8. The van der Waals surface area contributed by atoms with E-state index in [1.165, 1.54) is 4.68 Å². The summed E-state index contributed by atoms with van der Waals surface area (Å²) in [5.41, 5.74) is 6.15. The number of pyridine rings is 1. The molecule has 2 atom stereocenters. The van der Waals surface area contributed by atoms with Gasteiger partial charge >= 0.3 is 0 Å². The summed E-state index contributed by atoms with van der Waals surface area (Å²) in [6, 6.07) is 29.0. The van der Waals surface area contributed by atoms with Crippen molar-refractivity contribution >= 4 is 17.5 Å². The van der Waals surface area contributed by atoms with Gasteiger partial charge in [0.25, 0.3) is 11.5 Å². The smallest absolute Gasteiger partial charge is 0.270 e. The Balaban J connectivity index is 1.41. The van der Waals surface area contributed by atoms with E-state index in [-0.39, 0.29) is 17.5 Å². The summed E-state index contributed by atoms with van der Waals surface area (Å²) in [5, 5.41) is 10.2. The van der Waals surface area contributed by atoms with Crippen LogP contribution in [0, 0.1) is 0 Å². The van der Waals surface area contributed by atoms with E-state index in [9.17, 15) is 14.4 Å². The van der Waals surface area contributed by atoms with Crippen LogP contribution in [0.4, 0.5) is 5.69 Å². The van der Waals surface area contributed by atoms with Gasteiger partial charge in [-0.05, 0) is 65.9 Å². The van der Waals surface area contributed by atoms with Crippen molar-refractivity contribution in [3.63, 3.8) is 0 Å². The second-order valence-corrected chi connectivity index (χ2v) is 12.0. The molecule has 10 heteroatoms. The maximum atomic E-state index is 14.4. The van der Waals surface area contributed by atoms with Crippen LogP contribution in [0.15, 0.2) is 127 Å². The van der Waals surface area contributed by atoms with Gasteiger partial charge in [-0.1, -0.05) is 66.7 Å². The first kappa shape index (κ1) is 31.9. The standard InChI is InChI=1S/C38H37N7O3/c1-25(2)45-23-30(15-18-34(45)46)28-11-8-12-29(21-28)35(27-9-6-5-7-10-27)36(42-37(47)32-19-20-40-44(32)4)38(48)41-31-16-13-26(14-17-31)33-22-39-24-43(33)3/h5-25,35-36H,1-4H3,(H,41,48)(H,42,47). The first-order chi connectivity index (χ1) is 23.2. The molecule has 0 aliphatic heterocycles. The molecule has 10 nitrogen and oxygen atoms in total. The van der Waals surface area contributed by atoms with Gasteiger partial charge in [0.1, 0.15) is 11.7 Å². The number of carbonyl (C=O) groups excluding carboxylic acids is 2. The molecule has 3 aromatic carbocycles. The molecule has 6 aromatic rings. The number of nitrogens with one attached hydrogen (secondary N) is 2. The maximum Gasteiger partial charge on any atom is 0.270 e. The average molecular weight is 640 g/mol. The Hall–Kier alpha value is -6.03. The third-order valence-corrected chi connectivity index (χ3v) is 8.45. The van der Waals surface area contributed by atoms with Crippen LogP contribution in [0.1, 0.15) is 47.4 Å². The first-order valence-electron chi connectivity index (χ1n) is 15.7. The molecule has 0 saturated heterocycles. The van der Waals surface area contributed by atoms with Crippen molar-refractivity contribution < 1.29 is 9.59 Å². The number of hydrogen-bond acceptors (Lipinski definition) is 5. The summed E-state index contributed by atoms with van der Waals surface area (Å²) >= 11 is 0. The Labute approximate surface area is 278 Å². The average Bonchev–Trinajstić information content (AvgIpc) is 3.73. The van der Waals surface area contributed by atoms with Crippen LogP contribution in [-0.2, 0) is 18.9 Å². The topological polar surface area (TPSA) is 116 Å². The number of nitrogens with zero attached hydrogens (tertiary/aromatic N) is 5. The summed E-state index contributed by atoms with van der Waals surface area (Å²) in [5.74, 6) is -1.39. The minimum atomic E-state index is -1.02. The molecular formula is C38H37N7O3. The van der Waals surface area contributed by atoms with E-state index in [0.29, 0.717) is 11.4 Å². The zero-order valence-corrected chi connectivity index (χ0v) is 27.2. The Kier molecular flexibility index (Phi) is 9.15. The number of benzene rings is 3. The normalized spacial score (nSPS) is 12.4. The first-order valence-corrected chi connectivity index (χ1v) is 15.7. The second-order valence-electron chi connectivity index (χ2n) is 12.0. The molecule has 0 aliphatic carbocycles. The third kappa shape index (κ3) is 6.73. The molecule has 0 spiro atoms. The molecule has 3 aromatic heterocycles. The van der Waals surface area contributed by atoms with Gasteiger partial charge in [-0.25, -0.2) is 4.98 Å². The highest BCUT2D eigenvalue weighted by Crippen LogP contribution is 2.32. The number of carbonyl (C=O) groups is 2. The molecule has 2 N–H and O–H groups in total. The zero-order chi connectivity index (χ0) is 33.8. The fraction of sp³-hybridized carbons (Fsp3) is 0.184. The van der Waals surface area contributed by atoms with Crippen molar-refractivity contribution in [3.8, 4) is 22.4 Å². The molecule has 2 amide bonds. The molecular weight excluding hydrogens is 602 g/mol. The lowest BCUT2D eigenvalue weighted by Gasteiger charge is -2.29. The monoisotopic (exact) mass is 639 g/mol. The Bertz CT molecular complexity index is 2110. The molecule has 48 heavy (non-hydrogen) atoms. The number of anilines is 1. The van der Waals surface area contributed by atoms with E-state index >= 15 is 0 Å². The highest BCUT2D eigenvalue weighted by molar-refractivity contribution is 6.01. The highest BCUT2D eigenvalue weighted by atomic mass is 16.2. The minimum Gasteiger partial charge on any atom is -0.338 e. The molecule has 0 saturated carbocycles. The fourth-order valence-corrected chi connectivity index (χ4v) is 5.92. The predicted molar refractivity (Wildman–Crippen MR) is 187 cm³/mol. The van der Waals surface area contributed by atoms with Crippen molar-refractivity contribution in [2.24, 2.45) is 14.1 Å². The van der Waals surface area contributed by atoms with E-state index in [1.807, 2.05) is 111 Å². The van der Waals surface area contributed by atoms with Crippen LogP contribution in [0.25, 0.3) is 22.4 Å². The van der Waals surface area contributed by atoms with E-state index in [4.69, 9.17) is 0 Å². The predicted octanol–water partition coefficient (Wildman–Crippen LogP) is 5.80. The van der Waals surface area contributed by atoms with Gasteiger partial charge in [-0.15, -0.1) is 0 Å². The molecule has 6 rings (SSSR count). The summed E-state index contributed by atoms with van der Waals surface area (Å²) < 4.78 is 5.09. The lowest BCUT2D eigenvalue weighted by atomic mass is 9.83. The van der Waals surface area contributed by atoms with Crippen molar-refractivity contribution in [1.82, 2.24) is 29.2 Å². The number of rotatable bonds is 10. The van der Waals surface area contributed by atoms with Crippen LogP contribution in [0.5, 0.6) is 0 Å². The van der Waals surface area contributed by atoms with Gasteiger partial charge in [0.05, 0.1) is 18.2 Å². The van der Waals surface area contributed by atoms with E-state index in [2.05, 4.69) is 20.7 Å². The highest BCUT2D eigenvalue weighted by Gasteiger charge is 2.34. The zero-order valence-electron chi connectivity index (χ0n) is 27.2. The Morgan fingerprint density at radius 2 is 1.52 bits per heavy atom. The largest absolute Gasteiger partial charge is 0.338 e. The lowest BCUT2D eigenvalue weighted by Crippen LogP contribution is -2.48. The van der Waals surface area contributed by atoms with E-state index in [1.54, 1.807) is 48.5 Å². The van der Waals surface area contributed by atoms with Crippen LogP contribution >= 0.6 is 0 Å². The lowest BCUT2D eigenvalue weighted by molar-refractivity contribution is -0.118. The molecule has 3 heterocycles. The molecule has 0 fully saturated rings. The van der Waals surface area contributed by atoms with Crippen LogP contribution in [-0.4, -0.2) is 41.8 Å². The van der Waals surface area contributed by atoms with Crippen LogP contribution in [0.2, 0.25) is 0 Å². The summed E-state index contributed by atoms with van der Waals surface area (Å²) in [4.78, 5) is 44.8. The molecule has 0 bridgehead atoms. The van der Waals surface area contributed by atoms with Crippen LogP contribution < -0.4 is 16.2 Å². The van der Waals surface area contributed by atoms with Gasteiger partial charge in [0, 0.05) is 50.2 Å². The summed E-state index contributed by atoms with van der Waals surface area (Å²) in [6.07, 6.45) is 6.92. The van der Waals surface area contributed by atoms with Gasteiger partial charge in [0.15, 0.2) is 0 Å². The summed E-state index contributed by atoms with van der Waals surface area (Å²) in [6.45, 7) is 3.93. The van der Waals surface area contributed by atoms with E-state index < -0.39 is 17.9 Å². The number of amides is 2. The minimum absolute atomic E-state index is 0.00816. The van der Waals surface area contributed by atoms with Crippen molar-refractivity contribution in [3.05, 3.63) is 149 Å². The third-order valence-electron chi connectivity index (χ3n) is 8.45. The molecule has 2 unspecified atom stereocenters. The van der Waals surface area contributed by atoms with Crippen molar-refractivity contribution in [2.45, 2.75) is 31.8 Å². The Morgan fingerprint density at radius 3 is 2.19 bits per heavy atom. The number of imidazole rings is 1. The van der Waals surface area contributed by atoms with Gasteiger partial charge in [-0.2, -0.15) is 5.10 Å². The number of aromatic nitrogens is 5. The molecule has 0 radical (unpaired) electrons. The quantitative estimate of drug-likeness (QED) is 0.197. The van der Waals surface area contributed by atoms with Gasteiger partial charge in [-0.3, -0.25) is 19.1 Å². The molecule has 0 aliphatic rings. The Morgan fingerprint density at radius 1 is 0.792 bits per heavy atom. The maximum absolute atomic E-state index is 14.4. The van der Waals surface area contributed by atoms with Gasteiger partial charge in [0.2, 0.25) is 5.91 Å². The fourth-order valence-electron chi connectivity index (χ4n) is 5.92. The van der Waals surface area contributed by atoms with Crippen LogP contribution in [0.3, 0.4) is 0 Å². The number of hydrogen-bond donors (Lipinski definition) is 2. The van der Waals surface area contributed by atoms with Crippen molar-refractivity contribution in [2.75, 3.05) is 5.32 Å². The van der Waals surface area contributed by atoms with Gasteiger partial charge < -0.3 is 19.8 Å². The van der Waals surface area contributed by atoms with Crippen molar-refractivity contribution in [1.29, 1.82) is 0 Å². The summed E-state index contributed by atoms with van der Waals surface area (Å²) in [7, 11) is 3.61. The van der Waals surface area contributed by atoms with E-state index in [0.717, 1.165) is 33.5 Å². The molecule has 242 valence electrons.